The number of anilines is 1. The Hall–Kier alpha value is -3.16. The van der Waals surface area contributed by atoms with Gasteiger partial charge in [-0.05, 0) is 36.2 Å². The summed E-state index contributed by atoms with van der Waals surface area (Å²) in [5.41, 5.74) is 2.70. The molecule has 3 rings (SSSR count). The number of aryl methyl sites for hydroxylation is 1. The molecule has 0 spiro atoms. The smallest absolute Gasteiger partial charge is 0.262 e. The van der Waals surface area contributed by atoms with Gasteiger partial charge in [0.05, 0.1) is 4.90 Å². The lowest BCUT2D eigenvalue weighted by atomic mass is 10.1. The number of rotatable bonds is 6. The van der Waals surface area contributed by atoms with E-state index in [9.17, 15) is 13.2 Å². The van der Waals surface area contributed by atoms with Crippen molar-refractivity contribution in [3.05, 3.63) is 78.4 Å². The SMILES string of the molecule is Cc1ccc(NC(=O)COc2ccccc2-c2ccccc2)cc1S(N)(=O)=O. The number of sulfonamides is 1. The standard InChI is InChI=1S/C21H20N2O4S/c1-15-11-12-17(13-20(15)28(22,25)26)23-21(24)14-27-19-10-6-5-9-18(19)16-7-3-2-4-8-16/h2-13H,14H2,1H3,(H,23,24)(H2,22,25,26). The number of hydrogen-bond acceptors (Lipinski definition) is 4. The summed E-state index contributed by atoms with van der Waals surface area (Å²) in [7, 11) is -3.87. The zero-order valence-electron chi connectivity index (χ0n) is 15.3. The minimum atomic E-state index is -3.87. The lowest BCUT2D eigenvalue weighted by molar-refractivity contribution is -0.118. The van der Waals surface area contributed by atoms with Gasteiger partial charge in [-0.2, -0.15) is 0 Å². The van der Waals surface area contributed by atoms with Gasteiger partial charge in [0.2, 0.25) is 10.0 Å². The average molecular weight is 396 g/mol. The molecular formula is C21H20N2O4S. The number of benzene rings is 3. The van der Waals surface area contributed by atoms with E-state index >= 15 is 0 Å². The Balaban J connectivity index is 1.71. The molecule has 0 unspecified atom stereocenters. The maximum Gasteiger partial charge on any atom is 0.262 e. The van der Waals surface area contributed by atoms with Crippen molar-refractivity contribution in [2.75, 3.05) is 11.9 Å². The fraction of sp³-hybridized carbons (Fsp3) is 0.0952. The summed E-state index contributed by atoms with van der Waals surface area (Å²) in [6.45, 7) is 1.41. The highest BCUT2D eigenvalue weighted by atomic mass is 32.2. The van der Waals surface area contributed by atoms with Gasteiger partial charge in [-0.3, -0.25) is 4.79 Å². The molecule has 0 aliphatic rings. The molecule has 28 heavy (non-hydrogen) atoms. The molecule has 1 amide bonds. The molecular weight excluding hydrogens is 376 g/mol. The third-order valence-electron chi connectivity index (χ3n) is 4.11. The van der Waals surface area contributed by atoms with Crippen LogP contribution in [-0.4, -0.2) is 20.9 Å². The zero-order valence-corrected chi connectivity index (χ0v) is 16.1. The molecule has 0 atom stereocenters. The van der Waals surface area contributed by atoms with E-state index in [1.807, 2.05) is 48.5 Å². The van der Waals surface area contributed by atoms with Crippen LogP contribution in [0.25, 0.3) is 11.1 Å². The molecule has 0 radical (unpaired) electrons. The number of carbonyl (C=O) groups is 1. The second-order valence-corrected chi connectivity index (χ2v) is 7.75. The summed E-state index contributed by atoms with van der Waals surface area (Å²) in [5.74, 6) is 0.171. The molecule has 0 saturated heterocycles. The molecule has 6 nitrogen and oxygen atoms in total. The number of para-hydroxylation sites is 1. The van der Waals surface area contributed by atoms with Crippen molar-refractivity contribution >= 4 is 21.6 Å². The van der Waals surface area contributed by atoms with Crippen molar-refractivity contribution in [1.29, 1.82) is 0 Å². The van der Waals surface area contributed by atoms with Gasteiger partial charge < -0.3 is 10.1 Å². The largest absolute Gasteiger partial charge is 0.483 e. The van der Waals surface area contributed by atoms with Crippen LogP contribution in [-0.2, 0) is 14.8 Å². The van der Waals surface area contributed by atoms with Gasteiger partial charge in [0.25, 0.3) is 5.91 Å². The van der Waals surface area contributed by atoms with E-state index in [1.54, 1.807) is 25.1 Å². The highest BCUT2D eigenvalue weighted by Crippen LogP contribution is 2.29. The minimum absolute atomic E-state index is 0.0272. The van der Waals surface area contributed by atoms with E-state index in [4.69, 9.17) is 9.88 Å². The first-order valence-corrected chi connectivity index (χ1v) is 10.1. The maximum absolute atomic E-state index is 12.3. The number of primary sulfonamides is 1. The number of hydrogen-bond donors (Lipinski definition) is 2. The summed E-state index contributed by atoms with van der Waals surface area (Å²) >= 11 is 0. The monoisotopic (exact) mass is 396 g/mol. The molecule has 0 heterocycles. The molecule has 3 N–H and O–H groups in total. The van der Waals surface area contributed by atoms with Crippen LogP contribution >= 0.6 is 0 Å². The van der Waals surface area contributed by atoms with Gasteiger partial charge in [0.1, 0.15) is 5.75 Å². The summed E-state index contributed by atoms with van der Waals surface area (Å²) in [6, 6.07) is 21.7. The highest BCUT2D eigenvalue weighted by Gasteiger charge is 2.14. The van der Waals surface area contributed by atoms with Crippen LogP contribution < -0.4 is 15.2 Å². The quantitative estimate of drug-likeness (QED) is 0.668. The van der Waals surface area contributed by atoms with Crippen LogP contribution in [0.5, 0.6) is 5.75 Å². The molecule has 0 fully saturated rings. The summed E-state index contributed by atoms with van der Waals surface area (Å²) in [4.78, 5) is 12.2. The van der Waals surface area contributed by atoms with Gasteiger partial charge >= 0.3 is 0 Å². The number of amides is 1. The number of nitrogens with two attached hydrogens (primary N) is 1. The molecule has 144 valence electrons. The first-order chi connectivity index (χ1) is 13.3. The molecule has 7 heteroatoms. The topological polar surface area (TPSA) is 98.5 Å². The van der Waals surface area contributed by atoms with Crippen molar-refractivity contribution in [3.8, 4) is 16.9 Å². The third-order valence-corrected chi connectivity index (χ3v) is 5.16. The number of nitrogens with one attached hydrogen (secondary N) is 1. The molecule has 0 aromatic heterocycles. The predicted octanol–water partition coefficient (Wildman–Crippen LogP) is 3.33. The van der Waals surface area contributed by atoms with Crippen LogP contribution in [0.4, 0.5) is 5.69 Å². The lowest BCUT2D eigenvalue weighted by Gasteiger charge is -2.12. The van der Waals surface area contributed by atoms with E-state index in [0.717, 1.165) is 11.1 Å². The highest BCUT2D eigenvalue weighted by molar-refractivity contribution is 7.89. The zero-order chi connectivity index (χ0) is 20.1. The van der Waals surface area contributed by atoms with E-state index in [1.165, 1.54) is 6.07 Å². The van der Waals surface area contributed by atoms with Gasteiger partial charge in [-0.25, -0.2) is 13.6 Å². The van der Waals surface area contributed by atoms with E-state index in [0.29, 0.717) is 17.0 Å². The van der Waals surface area contributed by atoms with Crippen molar-refractivity contribution in [3.63, 3.8) is 0 Å². The fourth-order valence-corrected chi connectivity index (χ4v) is 3.58. The van der Waals surface area contributed by atoms with Crippen LogP contribution in [0.3, 0.4) is 0 Å². The third kappa shape index (κ3) is 4.76. The van der Waals surface area contributed by atoms with Crippen molar-refractivity contribution in [2.24, 2.45) is 5.14 Å². The molecule has 0 saturated carbocycles. The van der Waals surface area contributed by atoms with Crippen LogP contribution in [0.2, 0.25) is 0 Å². The lowest BCUT2D eigenvalue weighted by Crippen LogP contribution is -2.21. The molecule has 3 aromatic rings. The Labute approximate surface area is 164 Å². The Morgan fingerprint density at radius 2 is 1.68 bits per heavy atom. The summed E-state index contributed by atoms with van der Waals surface area (Å²) < 4.78 is 28.9. The molecule has 0 aliphatic carbocycles. The van der Waals surface area contributed by atoms with Crippen LogP contribution in [0.15, 0.2) is 77.7 Å². The van der Waals surface area contributed by atoms with Gasteiger partial charge in [0, 0.05) is 11.3 Å². The normalized spacial score (nSPS) is 11.1. The van der Waals surface area contributed by atoms with E-state index in [-0.39, 0.29) is 11.5 Å². The molecule has 0 bridgehead atoms. The van der Waals surface area contributed by atoms with Gasteiger partial charge in [0.15, 0.2) is 6.61 Å². The fourth-order valence-electron chi connectivity index (χ4n) is 2.77. The number of carbonyl (C=O) groups excluding carboxylic acids is 1. The summed E-state index contributed by atoms with van der Waals surface area (Å²) in [5, 5.41) is 7.83. The Morgan fingerprint density at radius 1 is 1.00 bits per heavy atom. The predicted molar refractivity (Wildman–Crippen MR) is 109 cm³/mol. The van der Waals surface area contributed by atoms with Crippen molar-refractivity contribution in [1.82, 2.24) is 0 Å². The van der Waals surface area contributed by atoms with Crippen molar-refractivity contribution in [2.45, 2.75) is 11.8 Å². The number of ether oxygens (including phenoxy) is 1. The Kier molecular flexibility index (Phi) is 5.77. The van der Waals surface area contributed by atoms with E-state index in [2.05, 4.69) is 5.32 Å². The van der Waals surface area contributed by atoms with Crippen LogP contribution in [0.1, 0.15) is 5.56 Å². The minimum Gasteiger partial charge on any atom is -0.483 e. The van der Waals surface area contributed by atoms with Gasteiger partial charge in [-0.15, -0.1) is 0 Å². The molecule has 0 aliphatic heterocycles. The van der Waals surface area contributed by atoms with Crippen molar-refractivity contribution < 1.29 is 17.9 Å². The second-order valence-electron chi connectivity index (χ2n) is 6.22. The summed E-state index contributed by atoms with van der Waals surface area (Å²) in [6.07, 6.45) is 0. The first kappa shape index (κ1) is 19.6. The Morgan fingerprint density at radius 3 is 2.39 bits per heavy atom. The van der Waals surface area contributed by atoms with Crippen LogP contribution in [0, 0.1) is 6.92 Å². The van der Waals surface area contributed by atoms with E-state index < -0.39 is 15.9 Å². The Bertz CT molecular complexity index is 1100. The average Bonchev–Trinajstić information content (AvgIpc) is 2.68. The molecule has 3 aromatic carbocycles. The second kappa shape index (κ2) is 8.24. The maximum atomic E-state index is 12.3. The van der Waals surface area contributed by atoms with Gasteiger partial charge in [-0.1, -0.05) is 54.6 Å². The first-order valence-electron chi connectivity index (χ1n) is 8.55.